The number of amides is 2. The van der Waals surface area contributed by atoms with Crippen LogP contribution >= 0.6 is 11.3 Å². The summed E-state index contributed by atoms with van der Waals surface area (Å²) in [5, 5.41) is 21.1. The highest BCUT2D eigenvalue weighted by molar-refractivity contribution is 7.17. The van der Waals surface area contributed by atoms with Gasteiger partial charge in [0.2, 0.25) is 5.88 Å². The first-order chi connectivity index (χ1) is 22.4. The number of nitrogens with one attached hydrogen (secondary N) is 3. The van der Waals surface area contributed by atoms with Crippen molar-refractivity contribution in [3.63, 3.8) is 0 Å². The van der Waals surface area contributed by atoms with Crippen molar-refractivity contribution in [1.82, 2.24) is 15.0 Å². The van der Waals surface area contributed by atoms with E-state index in [0.29, 0.717) is 5.69 Å². The number of fused-ring (bicyclic) bond motifs is 2. The van der Waals surface area contributed by atoms with Gasteiger partial charge >= 0.3 is 12.0 Å². The maximum Gasteiger partial charge on any atom is 0.341 e. The summed E-state index contributed by atoms with van der Waals surface area (Å²) >= 11 is 1.59. The Morgan fingerprint density at radius 1 is 0.913 bits per heavy atom. The molecule has 14 nitrogen and oxygen atoms in total. The number of thiophene rings is 1. The quantitative estimate of drug-likeness (QED) is 0.149. The van der Waals surface area contributed by atoms with Gasteiger partial charge in [0.1, 0.15) is 42.5 Å². The minimum atomic E-state index is -1.17. The fourth-order valence-corrected chi connectivity index (χ4v) is 6.26. The fourth-order valence-electron chi connectivity index (χ4n) is 5.30. The fraction of sp³-hybridized carbons (Fsp3) is 0.194. The van der Waals surface area contributed by atoms with Gasteiger partial charge in [0.25, 0.3) is 0 Å². The van der Waals surface area contributed by atoms with E-state index in [1.807, 2.05) is 35.7 Å². The van der Waals surface area contributed by atoms with Gasteiger partial charge in [-0.25, -0.2) is 24.5 Å². The van der Waals surface area contributed by atoms with E-state index in [4.69, 9.17) is 24.7 Å². The molecule has 0 radical (unpaired) electrons. The lowest BCUT2D eigenvalue weighted by atomic mass is 10.1. The summed E-state index contributed by atoms with van der Waals surface area (Å²) in [6.07, 6.45) is -0.778. The third kappa shape index (κ3) is 5.87. The van der Waals surface area contributed by atoms with Crippen LogP contribution in [0, 0.1) is 0 Å². The summed E-state index contributed by atoms with van der Waals surface area (Å²) in [6, 6.07) is 19.3. The van der Waals surface area contributed by atoms with Gasteiger partial charge in [-0.15, -0.1) is 11.3 Å². The average Bonchev–Trinajstić information content (AvgIpc) is 3.77. The zero-order chi connectivity index (χ0) is 31.6. The molecule has 2 aliphatic rings. The first kappa shape index (κ1) is 29.4. The number of benzene rings is 2. The zero-order valence-corrected chi connectivity index (χ0v) is 24.7. The number of ether oxygens (including phenoxy) is 4. The van der Waals surface area contributed by atoms with E-state index in [1.165, 1.54) is 24.7 Å². The molecule has 2 amide bonds. The second-order valence-corrected chi connectivity index (χ2v) is 11.3. The summed E-state index contributed by atoms with van der Waals surface area (Å²) in [4.78, 5) is 36.8. The van der Waals surface area contributed by atoms with Gasteiger partial charge in [0, 0.05) is 32.9 Å². The van der Waals surface area contributed by atoms with E-state index in [-0.39, 0.29) is 35.4 Å². The van der Waals surface area contributed by atoms with Gasteiger partial charge in [-0.05, 0) is 30.3 Å². The number of nitrogen functional groups attached to an aromatic ring is 1. The van der Waals surface area contributed by atoms with E-state index >= 15 is 0 Å². The van der Waals surface area contributed by atoms with Crippen LogP contribution in [0.15, 0.2) is 84.6 Å². The van der Waals surface area contributed by atoms with E-state index in [9.17, 15) is 14.7 Å². The van der Waals surface area contributed by atoms with Crippen LogP contribution in [0.25, 0.3) is 10.1 Å². The third-order valence-electron chi connectivity index (χ3n) is 7.45. The van der Waals surface area contributed by atoms with E-state index in [2.05, 4.69) is 30.9 Å². The Kier molecular flexibility index (Phi) is 8.02. The molecule has 5 aromatic rings. The van der Waals surface area contributed by atoms with E-state index in [1.54, 1.807) is 35.6 Å². The molecule has 6 N–H and O–H groups in total. The molecule has 2 saturated heterocycles. The highest BCUT2D eigenvalue weighted by atomic mass is 32.1. The number of pyridine rings is 1. The lowest BCUT2D eigenvalue weighted by Gasteiger charge is -2.22. The van der Waals surface area contributed by atoms with Crippen molar-refractivity contribution in [1.29, 1.82) is 0 Å². The molecular formula is C31H27N7O7S. The number of carbonyl (C=O) groups is 2. The number of carbonyl (C=O) groups excluding carboxylic acids is 1. The molecule has 234 valence electrons. The van der Waals surface area contributed by atoms with Crippen molar-refractivity contribution < 1.29 is 33.6 Å². The summed E-state index contributed by atoms with van der Waals surface area (Å²) < 4.78 is 26.1. The minimum Gasteiger partial charge on any atom is -0.477 e. The van der Waals surface area contributed by atoms with Crippen molar-refractivity contribution in [2.75, 3.05) is 28.3 Å². The molecule has 5 atom stereocenters. The first-order valence-corrected chi connectivity index (χ1v) is 15.1. The van der Waals surface area contributed by atoms with Crippen LogP contribution in [0.5, 0.6) is 5.88 Å². The molecular weight excluding hydrogens is 614 g/mol. The summed E-state index contributed by atoms with van der Waals surface area (Å²) in [5.74, 6) is -0.932. The Bertz CT molecular complexity index is 1890. The van der Waals surface area contributed by atoms with Crippen LogP contribution in [0.2, 0.25) is 0 Å². The molecule has 2 fully saturated rings. The Morgan fingerprint density at radius 3 is 2.54 bits per heavy atom. The first-order valence-electron chi connectivity index (χ1n) is 14.2. The van der Waals surface area contributed by atoms with E-state index < -0.39 is 42.8 Å². The molecule has 46 heavy (non-hydrogen) atoms. The van der Waals surface area contributed by atoms with Gasteiger partial charge < -0.3 is 40.4 Å². The molecule has 3 aromatic heterocycles. The summed E-state index contributed by atoms with van der Waals surface area (Å²) in [6.45, 7) is -0.0805. The maximum absolute atomic E-state index is 12.6. The summed E-state index contributed by atoms with van der Waals surface area (Å²) in [5.41, 5.74) is 7.84. The molecule has 5 unspecified atom stereocenters. The number of carboxylic acids is 1. The third-order valence-corrected chi connectivity index (χ3v) is 8.43. The van der Waals surface area contributed by atoms with Crippen LogP contribution < -0.4 is 26.4 Å². The average molecular weight is 642 g/mol. The Morgan fingerprint density at radius 2 is 1.70 bits per heavy atom. The minimum absolute atomic E-state index is 0.0459. The highest BCUT2D eigenvalue weighted by Crippen LogP contribution is 2.44. The van der Waals surface area contributed by atoms with Crippen molar-refractivity contribution >= 4 is 56.4 Å². The standard InChI is InChI=1S/C31H27N7O7S/c32-22-25(34-15-35-26(22)38-31(41)36-16-7-2-1-3-8-16)37-28-24-23(20(43-28)13-42-27-18(29(39)40)10-6-12-33-27)44-30(45-24)19-14-46-21-11-5-4-9-17(19)21/h1-12,14-15,20,23-24,28,30H,13,32H2,(H,39,40)(H3,34,35,36,37,38,41). The van der Waals surface area contributed by atoms with Crippen LogP contribution in [0.3, 0.4) is 0 Å². The number of para-hydroxylation sites is 1. The number of urea groups is 1. The lowest BCUT2D eigenvalue weighted by molar-refractivity contribution is -0.132. The maximum atomic E-state index is 12.6. The molecule has 0 saturated carbocycles. The molecule has 2 aliphatic heterocycles. The van der Waals surface area contributed by atoms with Gasteiger partial charge in [-0.1, -0.05) is 36.4 Å². The molecule has 15 heteroatoms. The van der Waals surface area contributed by atoms with Gasteiger partial charge in [-0.2, -0.15) is 0 Å². The van der Waals surface area contributed by atoms with Crippen LogP contribution in [0.4, 0.5) is 27.8 Å². The topological polar surface area (TPSA) is 192 Å². The van der Waals surface area contributed by atoms with Crippen molar-refractivity contribution in [2.45, 2.75) is 30.8 Å². The molecule has 0 bridgehead atoms. The van der Waals surface area contributed by atoms with Gasteiger partial charge in [-0.3, -0.25) is 5.32 Å². The Labute approximate surface area is 265 Å². The Balaban J connectivity index is 1.12. The monoisotopic (exact) mass is 641 g/mol. The number of nitrogens with zero attached hydrogens (tertiary/aromatic N) is 3. The van der Waals surface area contributed by atoms with Crippen LogP contribution in [0.1, 0.15) is 22.2 Å². The number of hydrogen-bond acceptors (Lipinski definition) is 12. The number of rotatable bonds is 9. The van der Waals surface area contributed by atoms with Crippen molar-refractivity contribution in [3.05, 3.63) is 95.8 Å². The van der Waals surface area contributed by atoms with Crippen molar-refractivity contribution in [3.8, 4) is 5.88 Å². The highest BCUT2D eigenvalue weighted by Gasteiger charge is 2.54. The number of carboxylic acid groups (broad SMARTS) is 1. The zero-order valence-electron chi connectivity index (χ0n) is 23.9. The van der Waals surface area contributed by atoms with Crippen LogP contribution in [-0.4, -0.2) is 63.2 Å². The normalized spacial score (nSPS) is 21.9. The second kappa shape index (κ2) is 12.6. The number of nitrogens with two attached hydrogens (primary N) is 1. The predicted molar refractivity (Wildman–Crippen MR) is 169 cm³/mol. The molecule has 7 rings (SSSR count). The molecule has 0 spiro atoms. The summed E-state index contributed by atoms with van der Waals surface area (Å²) in [7, 11) is 0. The van der Waals surface area contributed by atoms with Crippen molar-refractivity contribution in [2.24, 2.45) is 0 Å². The number of hydrogen-bond donors (Lipinski definition) is 5. The second-order valence-electron chi connectivity index (χ2n) is 10.4. The largest absolute Gasteiger partial charge is 0.477 e. The molecule has 5 heterocycles. The van der Waals surface area contributed by atoms with E-state index in [0.717, 1.165) is 15.6 Å². The van der Waals surface area contributed by atoms with Crippen LogP contribution in [-0.2, 0) is 14.2 Å². The molecule has 0 aliphatic carbocycles. The van der Waals surface area contributed by atoms with Gasteiger partial charge in [0.05, 0.1) is 0 Å². The smallest absolute Gasteiger partial charge is 0.341 e. The number of aromatic carboxylic acids is 1. The number of anilines is 4. The SMILES string of the molecule is Nc1c(NC(=O)Nc2ccccc2)ncnc1NC1OC(COc2ncccc2C(=O)O)C2OC(c3csc4ccccc34)OC12. The molecule has 2 aromatic carbocycles. The van der Waals surface area contributed by atoms with Gasteiger partial charge in [0.15, 0.2) is 24.2 Å². The lowest BCUT2D eigenvalue weighted by Crippen LogP contribution is -2.35. The Hall–Kier alpha value is -5.35. The predicted octanol–water partition coefficient (Wildman–Crippen LogP) is 4.71. The number of aromatic nitrogens is 3.